The molecule has 0 spiro atoms. The van der Waals surface area contributed by atoms with Crippen molar-refractivity contribution in [3.8, 4) is 0 Å². The molecule has 3 saturated carbocycles. The molecular formula is C28H37ClN4O2S. The minimum Gasteiger partial charge on any atom is -0.353 e. The molecule has 2 aromatic rings. The Kier molecular flexibility index (Phi) is 6.76. The van der Waals surface area contributed by atoms with Crippen LogP contribution in [0.25, 0.3) is 10.1 Å². The normalized spacial score (nSPS) is 34.4. The minimum absolute atomic E-state index is 0. The largest absolute Gasteiger partial charge is 0.353 e. The third-order valence-corrected chi connectivity index (χ3v) is 10.8. The van der Waals surface area contributed by atoms with E-state index >= 15 is 0 Å². The Morgan fingerprint density at radius 3 is 2.17 bits per heavy atom. The second-order valence-electron chi connectivity index (χ2n) is 11.8. The maximum absolute atomic E-state index is 13.3. The molecule has 5 aliphatic rings. The number of carbonyl (C=O) groups is 2. The lowest BCUT2D eigenvalue weighted by Gasteiger charge is -2.40. The fourth-order valence-electron chi connectivity index (χ4n) is 8.22. The standard InChI is InChI=1S/C28H36N4O2S.ClH/c33-27-24-18-9-10-19(15-18)25(24)28(34)32(27)17-21-6-2-1-5-20(21)16-30-11-13-31(14-12-30)26-22-7-3-4-8-23(22)35-29-26;/h3-4,7-8,18-21,24-25H,1-2,5-6,9-17H2;1H/t18?,19?,20-,21-,24-,25+;/m0./s1. The molecule has 2 saturated heterocycles. The second kappa shape index (κ2) is 9.88. The molecule has 6 atom stereocenters. The van der Waals surface area contributed by atoms with Gasteiger partial charge < -0.3 is 4.90 Å². The van der Waals surface area contributed by atoms with E-state index in [4.69, 9.17) is 4.37 Å². The van der Waals surface area contributed by atoms with Crippen LogP contribution in [0.15, 0.2) is 24.3 Å². The quantitative estimate of drug-likeness (QED) is 0.527. The SMILES string of the molecule is Cl.O=C1[C@@H]2C3CCC(C3)[C@@H]2C(=O)N1C[C@@H]1CCCC[C@H]1CN1CCN(c2nsc3ccccc23)CC1. The van der Waals surface area contributed by atoms with Gasteiger partial charge in [-0.25, -0.2) is 0 Å². The van der Waals surface area contributed by atoms with Crippen LogP contribution in [0.2, 0.25) is 0 Å². The van der Waals surface area contributed by atoms with E-state index in [2.05, 4.69) is 34.1 Å². The summed E-state index contributed by atoms with van der Waals surface area (Å²) in [6.07, 6.45) is 8.35. The predicted molar refractivity (Wildman–Crippen MR) is 145 cm³/mol. The van der Waals surface area contributed by atoms with Crippen LogP contribution in [-0.2, 0) is 9.59 Å². The first-order valence-corrected chi connectivity index (χ1v) is 14.6. The number of aromatic nitrogens is 1. The first kappa shape index (κ1) is 24.6. The molecule has 36 heavy (non-hydrogen) atoms. The highest BCUT2D eigenvalue weighted by molar-refractivity contribution is 7.13. The van der Waals surface area contributed by atoms with Gasteiger partial charge in [0, 0.05) is 44.7 Å². The number of hydrogen-bond acceptors (Lipinski definition) is 6. The molecule has 1 aromatic heterocycles. The van der Waals surface area contributed by atoms with Gasteiger partial charge in [-0.2, -0.15) is 4.37 Å². The summed E-state index contributed by atoms with van der Waals surface area (Å²) in [4.78, 5) is 33.4. The van der Waals surface area contributed by atoms with Crippen LogP contribution in [-0.4, -0.2) is 65.3 Å². The highest BCUT2D eigenvalue weighted by atomic mass is 35.5. The molecule has 2 aliphatic heterocycles. The van der Waals surface area contributed by atoms with Gasteiger partial charge in [0.2, 0.25) is 11.8 Å². The molecule has 7 rings (SSSR count). The Bertz CT molecular complexity index is 1100. The van der Waals surface area contributed by atoms with E-state index in [1.807, 2.05) is 0 Å². The molecule has 3 aliphatic carbocycles. The summed E-state index contributed by atoms with van der Waals surface area (Å²) >= 11 is 1.60. The van der Waals surface area contributed by atoms with E-state index < -0.39 is 0 Å². The average molecular weight is 529 g/mol. The molecule has 8 heteroatoms. The van der Waals surface area contributed by atoms with Gasteiger partial charge in [-0.1, -0.05) is 25.0 Å². The fraction of sp³-hybridized carbons (Fsp3) is 0.679. The van der Waals surface area contributed by atoms with Crippen LogP contribution < -0.4 is 4.90 Å². The van der Waals surface area contributed by atoms with Gasteiger partial charge >= 0.3 is 0 Å². The van der Waals surface area contributed by atoms with Gasteiger partial charge in [-0.3, -0.25) is 19.4 Å². The number of imide groups is 1. The smallest absolute Gasteiger partial charge is 0.233 e. The van der Waals surface area contributed by atoms with Crippen molar-refractivity contribution >= 4 is 51.7 Å². The lowest BCUT2D eigenvalue weighted by molar-refractivity contribution is -0.142. The molecule has 1 aromatic carbocycles. The Hall–Kier alpha value is -1.70. The second-order valence-corrected chi connectivity index (χ2v) is 12.6. The molecule has 0 radical (unpaired) electrons. The summed E-state index contributed by atoms with van der Waals surface area (Å²) in [6.45, 7) is 5.93. The van der Waals surface area contributed by atoms with Crippen molar-refractivity contribution in [1.82, 2.24) is 14.2 Å². The summed E-state index contributed by atoms with van der Waals surface area (Å²) in [5.41, 5.74) is 0. The predicted octanol–water partition coefficient (Wildman–Crippen LogP) is 4.68. The number of benzene rings is 1. The number of piperazine rings is 1. The Labute approximate surface area is 224 Å². The van der Waals surface area contributed by atoms with Crippen molar-refractivity contribution in [3.63, 3.8) is 0 Å². The number of nitrogens with zero attached hydrogens (tertiary/aromatic N) is 4. The van der Waals surface area contributed by atoms with Gasteiger partial charge in [0.15, 0.2) is 0 Å². The molecule has 3 heterocycles. The number of rotatable bonds is 5. The third-order valence-electron chi connectivity index (χ3n) is 10.0. The molecule has 5 fully saturated rings. The van der Waals surface area contributed by atoms with Crippen molar-refractivity contribution < 1.29 is 9.59 Å². The van der Waals surface area contributed by atoms with Crippen LogP contribution in [0.3, 0.4) is 0 Å². The molecule has 2 unspecified atom stereocenters. The van der Waals surface area contributed by atoms with Crippen molar-refractivity contribution in [2.24, 2.45) is 35.5 Å². The number of carbonyl (C=O) groups excluding carboxylic acids is 2. The fourth-order valence-corrected chi connectivity index (χ4v) is 9.02. The number of halogens is 1. The van der Waals surface area contributed by atoms with Crippen LogP contribution >= 0.6 is 23.9 Å². The van der Waals surface area contributed by atoms with Crippen LogP contribution in [0, 0.1) is 35.5 Å². The summed E-state index contributed by atoms with van der Waals surface area (Å²) < 4.78 is 6.02. The van der Waals surface area contributed by atoms with Crippen LogP contribution in [0.4, 0.5) is 5.82 Å². The van der Waals surface area contributed by atoms with Gasteiger partial charge in [-0.15, -0.1) is 12.4 Å². The van der Waals surface area contributed by atoms with Gasteiger partial charge in [-0.05, 0) is 79.4 Å². The van der Waals surface area contributed by atoms with E-state index in [1.54, 1.807) is 16.4 Å². The van der Waals surface area contributed by atoms with Crippen molar-refractivity contribution in [2.45, 2.75) is 44.9 Å². The monoisotopic (exact) mass is 528 g/mol. The highest BCUT2D eigenvalue weighted by Gasteiger charge is 2.61. The third kappa shape index (κ3) is 4.06. The summed E-state index contributed by atoms with van der Waals surface area (Å²) in [7, 11) is 0. The topological polar surface area (TPSA) is 56.8 Å². The summed E-state index contributed by atoms with van der Waals surface area (Å²) in [6, 6.07) is 8.54. The zero-order valence-electron chi connectivity index (χ0n) is 20.9. The summed E-state index contributed by atoms with van der Waals surface area (Å²) in [5.74, 6) is 3.59. The van der Waals surface area contributed by atoms with E-state index in [0.717, 1.165) is 64.2 Å². The first-order chi connectivity index (χ1) is 17.2. The van der Waals surface area contributed by atoms with Crippen molar-refractivity contribution in [1.29, 1.82) is 0 Å². The Morgan fingerprint density at radius 2 is 1.47 bits per heavy atom. The van der Waals surface area contributed by atoms with E-state index in [-0.39, 0.29) is 36.1 Å². The van der Waals surface area contributed by atoms with E-state index in [1.165, 1.54) is 29.3 Å². The van der Waals surface area contributed by atoms with Gasteiger partial charge in [0.1, 0.15) is 5.82 Å². The number of likely N-dealkylation sites (tertiary alicyclic amines) is 1. The molecule has 6 nitrogen and oxygen atoms in total. The Balaban J connectivity index is 0.00000240. The molecule has 2 bridgehead atoms. The first-order valence-electron chi connectivity index (χ1n) is 13.8. The van der Waals surface area contributed by atoms with Gasteiger partial charge in [0.05, 0.1) is 16.5 Å². The Morgan fingerprint density at radius 1 is 0.833 bits per heavy atom. The zero-order valence-corrected chi connectivity index (χ0v) is 22.5. The van der Waals surface area contributed by atoms with E-state index in [0.29, 0.717) is 30.2 Å². The number of anilines is 1. The lowest BCUT2D eigenvalue weighted by Crippen LogP contribution is -2.49. The minimum atomic E-state index is 0. The van der Waals surface area contributed by atoms with Crippen LogP contribution in [0.5, 0.6) is 0 Å². The van der Waals surface area contributed by atoms with Crippen molar-refractivity contribution in [3.05, 3.63) is 24.3 Å². The zero-order chi connectivity index (χ0) is 23.5. The van der Waals surface area contributed by atoms with Crippen molar-refractivity contribution in [2.75, 3.05) is 44.2 Å². The van der Waals surface area contributed by atoms with Gasteiger partial charge in [0.25, 0.3) is 0 Å². The maximum atomic E-state index is 13.3. The number of fused-ring (bicyclic) bond motifs is 6. The molecule has 194 valence electrons. The summed E-state index contributed by atoms with van der Waals surface area (Å²) in [5, 5.41) is 1.27. The molecule has 2 amide bonds. The molecule has 0 N–H and O–H groups in total. The lowest BCUT2D eigenvalue weighted by atomic mass is 9.78. The maximum Gasteiger partial charge on any atom is 0.233 e. The average Bonchev–Trinajstić information content (AvgIpc) is 3.66. The number of hydrogen-bond donors (Lipinski definition) is 0. The van der Waals surface area contributed by atoms with Crippen LogP contribution in [0.1, 0.15) is 44.9 Å². The highest BCUT2D eigenvalue weighted by Crippen LogP contribution is 2.56. The number of amides is 2. The van der Waals surface area contributed by atoms with E-state index in [9.17, 15) is 9.59 Å². The molecular weight excluding hydrogens is 492 g/mol.